The first kappa shape index (κ1) is 5.70. The predicted octanol–water partition coefficient (Wildman–Crippen LogP) is -0.339. The van der Waals surface area contributed by atoms with Gasteiger partial charge in [-0.15, -0.1) is 0 Å². The van der Waals surface area contributed by atoms with Gasteiger partial charge in [-0.05, 0) is 0 Å². The van der Waals surface area contributed by atoms with E-state index < -0.39 is 0 Å². The predicted molar refractivity (Wildman–Crippen MR) is 22.0 cm³/mol. The average Bonchev–Trinajstić information content (AvgIpc) is 1.41. The molecular formula is C3H5NaO. The van der Waals surface area contributed by atoms with E-state index in [9.17, 15) is 0 Å². The van der Waals surface area contributed by atoms with Crippen LogP contribution in [0, 0.1) is 0 Å². The molecule has 0 saturated carbocycles. The fourth-order valence-corrected chi connectivity index (χ4v) is 0.316. The molecule has 0 aromatic rings. The molecule has 1 nitrogen and oxygen atoms in total. The van der Waals surface area contributed by atoms with Gasteiger partial charge in [0.05, 0.1) is 0 Å². The third-order valence-electron chi connectivity index (χ3n) is 0.341. The van der Waals surface area contributed by atoms with Crippen LogP contribution in [0.25, 0.3) is 0 Å². The summed E-state index contributed by atoms with van der Waals surface area (Å²) in [4.78, 5) is 0. The summed E-state index contributed by atoms with van der Waals surface area (Å²) in [5.74, 6) is 0. The van der Waals surface area contributed by atoms with Gasteiger partial charge in [0.2, 0.25) is 0 Å². The van der Waals surface area contributed by atoms with Crippen LogP contribution in [0.3, 0.4) is 0 Å². The summed E-state index contributed by atoms with van der Waals surface area (Å²) in [7, 11) is 0. The SMILES string of the molecule is OC/C=[CH]\[Na]. The Morgan fingerprint density at radius 3 is 2.40 bits per heavy atom. The number of rotatable bonds is 1. The van der Waals surface area contributed by atoms with Gasteiger partial charge in [-0.25, -0.2) is 0 Å². The standard InChI is InChI=1S/C3H5O.Na/c1-2-3-4;/h1-2,4H,3H2;. The summed E-state index contributed by atoms with van der Waals surface area (Å²) in [5, 5.41) is 8.00. The first-order chi connectivity index (χ1) is 2.41. The first-order valence-corrected chi connectivity index (χ1v) is 2.79. The van der Waals surface area contributed by atoms with Crippen LogP contribution < -0.4 is 0 Å². The molecule has 0 aromatic heterocycles. The van der Waals surface area contributed by atoms with Crippen molar-refractivity contribution in [1.29, 1.82) is 0 Å². The minimum absolute atomic E-state index is 0.198. The van der Waals surface area contributed by atoms with Crippen LogP contribution in [0.15, 0.2) is 9.40 Å². The molecule has 0 amide bonds. The summed E-state index contributed by atoms with van der Waals surface area (Å²) < 4.78 is 1.94. The van der Waals surface area contributed by atoms with Crippen molar-refractivity contribution in [2.45, 2.75) is 0 Å². The van der Waals surface area contributed by atoms with Crippen molar-refractivity contribution >= 4 is 27.9 Å². The van der Waals surface area contributed by atoms with E-state index in [2.05, 4.69) is 0 Å². The fourth-order valence-electron chi connectivity index (χ4n) is 0.105. The Balaban J connectivity index is 2.62. The van der Waals surface area contributed by atoms with Crippen molar-refractivity contribution in [3.05, 3.63) is 9.40 Å². The topological polar surface area (TPSA) is 20.2 Å². The molecule has 0 unspecified atom stereocenters. The Morgan fingerprint density at radius 1 is 1.80 bits per heavy atom. The van der Waals surface area contributed by atoms with E-state index in [0.29, 0.717) is 0 Å². The average molecular weight is 80.1 g/mol. The number of hydrogen-bond acceptors (Lipinski definition) is 1. The van der Waals surface area contributed by atoms with Gasteiger partial charge in [0.1, 0.15) is 0 Å². The summed E-state index contributed by atoms with van der Waals surface area (Å²) in [5.41, 5.74) is 0. The van der Waals surface area contributed by atoms with Gasteiger partial charge in [-0.2, -0.15) is 0 Å². The van der Waals surface area contributed by atoms with E-state index in [1.54, 1.807) is 6.08 Å². The Bertz CT molecular complexity index is 33.9. The van der Waals surface area contributed by atoms with E-state index in [1.807, 2.05) is 3.33 Å². The normalized spacial score (nSPS) is 10.2. The molecule has 2 heteroatoms. The molecule has 0 aliphatic carbocycles. The molecule has 0 atom stereocenters. The summed E-state index contributed by atoms with van der Waals surface area (Å²) in [6, 6.07) is 0. The Labute approximate surface area is 49.1 Å². The zero-order chi connectivity index (χ0) is 4.12. The van der Waals surface area contributed by atoms with Crippen molar-refractivity contribution in [3.63, 3.8) is 0 Å². The Hall–Kier alpha value is 0.700. The second kappa shape index (κ2) is 4.70. The second-order valence-corrected chi connectivity index (χ2v) is 1.42. The van der Waals surface area contributed by atoms with Gasteiger partial charge in [0.25, 0.3) is 0 Å². The molecule has 0 heterocycles. The zero-order valence-electron chi connectivity index (χ0n) is 3.31. The van der Waals surface area contributed by atoms with Crippen LogP contribution in [0.2, 0.25) is 0 Å². The fraction of sp³-hybridized carbons (Fsp3) is 0.333. The second-order valence-electron chi connectivity index (χ2n) is 0.752. The summed E-state index contributed by atoms with van der Waals surface area (Å²) in [6.07, 6.45) is 1.74. The molecule has 0 rings (SSSR count). The van der Waals surface area contributed by atoms with Gasteiger partial charge in [0.15, 0.2) is 0 Å². The minimum atomic E-state index is 0.198. The van der Waals surface area contributed by atoms with E-state index in [0.717, 1.165) is 27.9 Å². The van der Waals surface area contributed by atoms with E-state index >= 15 is 0 Å². The monoisotopic (exact) mass is 80.0 g/mol. The molecule has 5 heavy (non-hydrogen) atoms. The van der Waals surface area contributed by atoms with E-state index in [-0.39, 0.29) is 6.61 Å². The first-order valence-electron chi connectivity index (χ1n) is 1.64. The van der Waals surface area contributed by atoms with Crippen LogP contribution in [0.4, 0.5) is 0 Å². The van der Waals surface area contributed by atoms with Crippen LogP contribution >= 0.6 is 0 Å². The molecule has 0 fully saturated rings. The van der Waals surface area contributed by atoms with Crippen molar-refractivity contribution in [2.24, 2.45) is 0 Å². The van der Waals surface area contributed by atoms with Gasteiger partial charge in [-0.1, -0.05) is 0 Å². The van der Waals surface area contributed by atoms with Crippen LogP contribution in [-0.4, -0.2) is 39.6 Å². The van der Waals surface area contributed by atoms with E-state index in [4.69, 9.17) is 5.11 Å². The molecule has 0 saturated heterocycles. The molecule has 0 spiro atoms. The number of aliphatic hydroxyl groups excluding tert-OH is 1. The summed E-state index contributed by atoms with van der Waals surface area (Å²) >= 11 is 1.06. The van der Waals surface area contributed by atoms with Gasteiger partial charge in [0, 0.05) is 0 Å². The van der Waals surface area contributed by atoms with Crippen molar-refractivity contribution in [1.82, 2.24) is 0 Å². The molecule has 24 valence electrons. The molecule has 0 aliphatic heterocycles. The van der Waals surface area contributed by atoms with Crippen molar-refractivity contribution < 1.29 is 5.11 Å². The quantitative estimate of drug-likeness (QED) is 0.427. The maximum atomic E-state index is 8.00. The van der Waals surface area contributed by atoms with E-state index in [1.165, 1.54) is 0 Å². The Morgan fingerprint density at radius 2 is 2.40 bits per heavy atom. The van der Waals surface area contributed by atoms with Gasteiger partial charge < -0.3 is 0 Å². The molecule has 1 N–H and O–H groups in total. The third kappa shape index (κ3) is 4.70. The molecule has 0 bridgehead atoms. The third-order valence-corrected chi connectivity index (χ3v) is 0.813. The molecule has 0 aromatic carbocycles. The zero-order valence-corrected chi connectivity index (χ0v) is 5.31. The maximum absolute atomic E-state index is 8.00. The number of aliphatic hydroxyl groups is 1. The number of hydrogen-bond donors (Lipinski definition) is 1. The van der Waals surface area contributed by atoms with Crippen LogP contribution in [0.5, 0.6) is 0 Å². The van der Waals surface area contributed by atoms with Crippen molar-refractivity contribution in [2.75, 3.05) is 6.61 Å². The van der Waals surface area contributed by atoms with Crippen LogP contribution in [-0.2, 0) is 0 Å². The van der Waals surface area contributed by atoms with Gasteiger partial charge in [-0.3, -0.25) is 0 Å². The molecular weight excluding hydrogens is 75.0 g/mol. The molecule has 0 radical (unpaired) electrons. The van der Waals surface area contributed by atoms with Crippen molar-refractivity contribution in [3.8, 4) is 0 Å². The van der Waals surface area contributed by atoms with Crippen LogP contribution in [0.1, 0.15) is 0 Å². The molecule has 0 aliphatic rings. The van der Waals surface area contributed by atoms with Gasteiger partial charge >= 0.3 is 49.0 Å². The Kier molecular flexibility index (Phi) is 5.36. The summed E-state index contributed by atoms with van der Waals surface area (Å²) in [6.45, 7) is 0.198.